The highest BCUT2D eigenvalue weighted by Gasteiger charge is 2.11. The van der Waals surface area contributed by atoms with E-state index in [1.165, 1.54) is 11.3 Å². The van der Waals surface area contributed by atoms with Crippen LogP contribution in [-0.2, 0) is 6.42 Å². The van der Waals surface area contributed by atoms with Crippen LogP contribution in [0.15, 0.2) is 18.3 Å². The van der Waals surface area contributed by atoms with E-state index in [-0.39, 0.29) is 0 Å². The fourth-order valence-electron chi connectivity index (χ4n) is 1.45. The summed E-state index contributed by atoms with van der Waals surface area (Å²) in [5.41, 5.74) is 2.96. The van der Waals surface area contributed by atoms with Crippen molar-refractivity contribution in [1.29, 1.82) is 0 Å². The first-order valence-corrected chi connectivity index (χ1v) is 4.81. The Labute approximate surface area is 80.9 Å². The van der Waals surface area contributed by atoms with Gasteiger partial charge in [-0.1, -0.05) is 26.8 Å². The van der Waals surface area contributed by atoms with E-state index >= 15 is 0 Å². The Balaban J connectivity index is 2.69. The van der Waals surface area contributed by atoms with Crippen molar-refractivity contribution < 1.29 is 0 Å². The van der Waals surface area contributed by atoms with Gasteiger partial charge in [-0.25, -0.2) is 0 Å². The van der Waals surface area contributed by atoms with Crippen molar-refractivity contribution >= 4 is 6.08 Å². The van der Waals surface area contributed by atoms with E-state index in [0.717, 1.165) is 6.42 Å². The van der Waals surface area contributed by atoms with E-state index in [4.69, 9.17) is 0 Å². The topological polar surface area (TPSA) is 15.8 Å². The predicted molar refractivity (Wildman–Crippen MR) is 58.7 cm³/mol. The van der Waals surface area contributed by atoms with Gasteiger partial charge in [-0.2, -0.15) is 0 Å². The molecule has 1 nitrogen and oxygen atoms in total. The van der Waals surface area contributed by atoms with Gasteiger partial charge in [0.15, 0.2) is 0 Å². The zero-order valence-electron chi connectivity index (χ0n) is 9.02. The summed E-state index contributed by atoms with van der Waals surface area (Å²) in [7, 11) is 0. The fourth-order valence-corrected chi connectivity index (χ4v) is 1.45. The van der Waals surface area contributed by atoms with Gasteiger partial charge in [0.05, 0.1) is 0 Å². The highest BCUT2D eigenvalue weighted by Crippen LogP contribution is 2.21. The number of H-pyrrole nitrogens is 1. The number of nitrogens with one attached hydrogen (secondary N) is 1. The summed E-state index contributed by atoms with van der Waals surface area (Å²) < 4.78 is 0. The van der Waals surface area contributed by atoms with Crippen LogP contribution in [0.3, 0.4) is 0 Å². The summed E-state index contributed by atoms with van der Waals surface area (Å²) in [5.74, 6) is 0. The molecule has 0 aromatic carbocycles. The molecule has 1 heterocycles. The molecule has 1 aromatic rings. The average molecular weight is 177 g/mol. The molecule has 0 radical (unpaired) electrons. The van der Waals surface area contributed by atoms with E-state index in [9.17, 15) is 0 Å². The first kappa shape index (κ1) is 10.1. The molecule has 72 valence electrons. The first-order valence-electron chi connectivity index (χ1n) is 4.81. The van der Waals surface area contributed by atoms with Crippen molar-refractivity contribution in [2.45, 2.75) is 34.1 Å². The maximum Gasteiger partial charge on any atom is 0.0379 e. The third-order valence-electron chi connectivity index (χ3n) is 1.85. The molecule has 13 heavy (non-hydrogen) atoms. The Hall–Kier alpha value is -0.980. The van der Waals surface area contributed by atoms with Crippen LogP contribution in [0.2, 0.25) is 0 Å². The van der Waals surface area contributed by atoms with Crippen LogP contribution < -0.4 is 0 Å². The van der Waals surface area contributed by atoms with E-state index in [0.29, 0.717) is 5.41 Å². The normalized spacial score (nSPS) is 12.6. The quantitative estimate of drug-likeness (QED) is 0.710. The summed E-state index contributed by atoms with van der Waals surface area (Å²) in [6, 6.07) is 2.21. The second-order valence-corrected chi connectivity index (χ2v) is 4.70. The van der Waals surface area contributed by atoms with Gasteiger partial charge in [-0.3, -0.25) is 0 Å². The van der Waals surface area contributed by atoms with Crippen LogP contribution in [0, 0.1) is 5.41 Å². The molecule has 0 aliphatic heterocycles. The molecule has 0 saturated carbocycles. The van der Waals surface area contributed by atoms with E-state index in [1.54, 1.807) is 0 Å². The highest BCUT2D eigenvalue weighted by atomic mass is 14.7. The second kappa shape index (κ2) is 3.82. The van der Waals surface area contributed by atoms with Gasteiger partial charge < -0.3 is 4.98 Å². The SMILES string of the molecule is C/C=C/c1cc(CC(C)(C)C)c[nH]1. The number of rotatable bonds is 2. The lowest BCUT2D eigenvalue weighted by Gasteiger charge is -2.16. The number of hydrogen-bond donors (Lipinski definition) is 1. The van der Waals surface area contributed by atoms with Crippen LogP contribution in [-0.4, -0.2) is 4.98 Å². The first-order chi connectivity index (χ1) is 6.01. The molecule has 0 aliphatic carbocycles. The summed E-state index contributed by atoms with van der Waals surface area (Å²) >= 11 is 0. The van der Waals surface area contributed by atoms with Gasteiger partial charge in [0, 0.05) is 11.9 Å². The molecular weight excluding hydrogens is 158 g/mol. The standard InChI is InChI=1S/C12H19N/c1-5-6-11-7-10(9-13-11)8-12(2,3)4/h5-7,9,13H,8H2,1-4H3/b6-5+. The molecule has 0 atom stereocenters. The highest BCUT2D eigenvalue weighted by molar-refractivity contribution is 5.45. The molecule has 1 N–H and O–H groups in total. The molecule has 0 saturated heterocycles. The fraction of sp³-hybridized carbons (Fsp3) is 0.500. The van der Waals surface area contributed by atoms with Crippen LogP contribution in [0.4, 0.5) is 0 Å². The van der Waals surface area contributed by atoms with E-state index < -0.39 is 0 Å². The lowest BCUT2D eigenvalue weighted by Crippen LogP contribution is -2.08. The average Bonchev–Trinajstić information content (AvgIpc) is 2.33. The predicted octanol–water partition coefficient (Wildman–Crippen LogP) is 3.64. The number of aromatic amines is 1. The summed E-state index contributed by atoms with van der Waals surface area (Å²) in [4.78, 5) is 3.24. The zero-order chi connectivity index (χ0) is 9.90. The molecule has 0 aliphatic rings. The van der Waals surface area contributed by atoms with Crippen molar-refractivity contribution in [3.05, 3.63) is 29.6 Å². The number of allylic oxidation sites excluding steroid dienone is 1. The van der Waals surface area contributed by atoms with Gasteiger partial charge in [0.1, 0.15) is 0 Å². The minimum atomic E-state index is 0.370. The lowest BCUT2D eigenvalue weighted by molar-refractivity contribution is 0.411. The Bertz CT molecular complexity index is 286. The second-order valence-electron chi connectivity index (χ2n) is 4.70. The van der Waals surface area contributed by atoms with Gasteiger partial charge in [0.2, 0.25) is 0 Å². The molecule has 1 aromatic heterocycles. The minimum Gasteiger partial charge on any atom is -0.361 e. The number of hydrogen-bond acceptors (Lipinski definition) is 0. The monoisotopic (exact) mass is 177 g/mol. The Morgan fingerprint density at radius 1 is 1.38 bits per heavy atom. The van der Waals surface area contributed by atoms with Crippen molar-refractivity contribution in [2.75, 3.05) is 0 Å². The van der Waals surface area contributed by atoms with E-state index in [2.05, 4.69) is 44.1 Å². The van der Waals surface area contributed by atoms with Crippen molar-refractivity contribution in [1.82, 2.24) is 4.98 Å². The summed E-state index contributed by atoms with van der Waals surface area (Å²) in [6.45, 7) is 8.81. The molecule has 0 fully saturated rings. The van der Waals surface area contributed by atoms with Crippen LogP contribution >= 0.6 is 0 Å². The number of aromatic nitrogens is 1. The third-order valence-corrected chi connectivity index (χ3v) is 1.85. The van der Waals surface area contributed by atoms with Gasteiger partial charge >= 0.3 is 0 Å². The minimum absolute atomic E-state index is 0.370. The molecule has 0 spiro atoms. The van der Waals surface area contributed by atoms with Gasteiger partial charge in [-0.05, 0) is 36.5 Å². The largest absolute Gasteiger partial charge is 0.361 e. The molecule has 1 heteroatoms. The van der Waals surface area contributed by atoms with Crippen molar-refractivity contribution in [3.63, 3.8) is 0 Å². The van der Waals surface area contributed by atoms with E-state index in [1.807, 2.05) is 13.0 Å². The lowest BCUT2D eigenvalue weighted by atomic mass is 9.89. The third kappa shape index (κ3) is 3.49. The molecule has 0 unspecified atom stereocenters. The maximum atomic E-state index is 3.24. The maximum absolute atomic E-state index is 3.24. The van der Waals surface area contributed by atoms with Crippen LogP contribution in [0.5, 0.6) is 0 Å². The van der Waals surface area contributed by atoms with Gasteiger partial charge in [-0.15, -0.1) is 0 Å². The Kier molecular flexibility index (Phi) is 2.97. The molecule has 1 rings (SSSR count). The van der Waals surface area contributed by atoms with Crippen LogP contribution in [0.25, 0.3) is 6.08 Å². The Morgan fingerprint density at radius 2 is 2.08 bits per heavy atom. The van der Waals surface area contributed by atoms with Gasteiger partial charge in [0.25, 0.3) is 0 Å². The zero-order valence-corrected chi connectivity index (χ0v) is 9.02. The van der Waals surface area contributed by atoms with Crippen molar-refractivity contribution in [2.24, 2.45) is 5.41 Å². The van der Waals surface area contributed by atoms with Crippen molar-refractivity contribution in [3.8, 4) is 0 Å². The van der Waals surface area contributed by atoms with Crippen LogP contribution in [0.1, 0.15) is 39.0 Å². The molecule has 0 amide bonds. The summed E-state index contributed by atoms with van der Waals surface area (Å²) in [5, 5.41) is 0. The Morgan fingerprint density at radius 3 is 2.62 bits per heavy atom. The summed E-state index contributed by atoms with van der Waals surface area (Å²) in [6.07, 6.45) is 7.36. The smallest absolute Gasteiger partial charge is 0.0379 e. The molecule has 0 bridgehead atoms. The molecular formula is C12H19N.